The van der Waals surface area contributed by atoms with E-state index in [0.717, 1.165) is 47.9 Å². The highest BCUT2D eigenvalue weighted by Crippen LogP contribution is 2.29. The lowest BCUT2D eigenvalue weighted by Gasteiger charge is -2.14. The van der Waals surface area contributed by atoms with Crippen molar-refractivity contribution < 1.29 is 13.9 Å². The number of hydrogen-bond donors (Lipinski definition) is 1. The number of nitrogens with zero attached hydrogens (tertiary/aromatic N) is 4. The Hall–Kier alpha value is -2.95. The molecule has 0 spiro atoms. The molecule has 4 aromatic rings. The molecule has 1 atom stereocenters. The van der Waals surface area contributed by atoms with E-state index in [9.17, 15) is 4.79 Å². The summed E-state index contributed by atoms with van der Waals surface area (Å²) in [6, 6.07) is 10.1. The molecule has 4 heterocycles. The van der Waals surface area contributed by atoms with Crippen molar-refractivity contribution in [2.45, 2.75) is 44.5 Å². The van der Waals surface area contributed by atoms with Crippen molar-refractivity contribution in [1.29, 1.82) is 0 Å². The second kappa shape index (κ2) is 10.1. The van der Waals surface area contributed by atoms with Gasteiger partial charge in [0.15, 0.2) is 16.1 Å². The molecule has 1 aromatic carbocycles. The van der Waals surface area contributed by atoms with Crippen molar-refractivity contribution in [3.8, 4) is 22.6 Å². The summed E-state index contributed by atoms with van der Waals surface area (Å²) < 4.78 is 13.3. The van der Waals surface area contributed by atoms with Gasteiger partial charge in [-0.3, -0.25) is 9.36 Å². The molecule has 34 heavy (non-hydrogen) atoms. The number of thioether (sulfide) groups is 1. The van der Waals surface area contributed by atoms with Gasteiger partial charge in [-0.2, -0.15) is 0 Å². The number of rotatable bonds is 8. The Balaban J connectivity index is 1.26. The van der Waals surface area contributed by atoms with Crippen molar-refractivity contribution in [3.63, 3.8) is 0 Å². The molecule has 5 rings (SSSR count). The first kappa shape index (κ1) is 22.8. The number of hydrogen-bond acceptors (Lipinski definition) is 8. The van der Waals surface area contributed by atoms with Crippen LogP contribution in [0, 0.1) is 13.8 Å². The van der Waals surface area contributed by atoms with Crippen molar-refractivity contribution >= 4 is 34.1 Å². The van der Waals surface area contributed by atoms with Crippen LogP contribution in [0.3, 0.4) is 0 Å². The molecule has 1 aliphatic heterocycles. The van der Waals surface area contributed by atoms with Gasteiger partial charge in [0.1, 0.15) is 5.76 Å². The molecule has 8 nitrogen and oxygen atoms in total. The third-order valence-corrected chi connectivity index (χ3v) is 7.38. The van der Waals surface area contributed by atoms with Crippen LogP contribution < -0.4 is 5.32 Å². The number of thiazole rings is 1. The van der Waals surface area contributed by atoms with Crippen LogP contribution in [0.1, 0.15) is 24.2 Å². The van der Waals surface area contributed by atoms with E-state index in [2.05, 4.69) is 39.6 Å². The van der Waals surface area contributed by atoms with E-state index in [0.29, 0.717) is 16.8 Å². The molecule has 1 fully saturated rings. The van der Waals surface area contributed by atoms with E-state index >= 15 is 0 Å². The predicted molar refractivity (Wildman–Crippen MR) is 133 cm³/mol. The van der Waals surface area contributed by atoms with Gasteiger partial charge in [-0.15, -0.1) is 21.5 Å². The zero-order chi connectivity index (χ0) is 23.5. The average Bonchev–Trinajstić information content (AvgIpc) is 3.62. The minimum absolute atomic E-state index is 0.116. The molecule has 1 N–H and O–H groups in total. The van der Waals surface area contributed by atoms with Crippen molar-refractivity contribution in [2.75, 3.05) is 17.7 Å². The van der Waals surface area contributed by atoms with Gasteiger partial charge in [0.25, 0.3) is 0 Å². The fraction of sp³-hybridized carbons (Fsp3) is 0.333. The lowest BCUT2D eigenvalue weighted by molar-refractivity contribution is -0.113. The van der Waals surface area contributed by atoms with Crippen LogP contribution in [0.2, 0.25) is 0 Å². The third kappa shape index (κ3) is 5.08. The van der Waals surface area contributed by atoms with Crippen molar-refractivity contribution in [1.82, 2.24) is 19.7 Å². The summed E-state index contributed by atoms with van der Waals surface area (Å²) in [6.07, 6.45) is 3.82. The van der Waals surface area contributed by atoms with Gasteiger partial charge in [0.2, 0.25) is 5.91 Å². The van der Waals surface area contributed by atoms with E-state index in [1.54, 1.807) is 6.26 Å². The Morgan fingerprint density at radius 3 is 2.82 bits per heavy atom. The van der Waals surface area contributed by atoms with Crippen LogP contribution in [0.15, 0.2) is 51.5 Å². The highest BCUT2D eigenvalue weighted by atomic mass is 32.2. The molecule has 0 saturated carbocycles. The number of furan rings is 1. The first-order chi connectivity index (χ1) is 16.6. The van der Waals surface area contributed by atoms with Crippen LogP contribution in [-0.2, 0) is 16.1 Å². The molecule has 1 saturated heterocycles. The first-order valence-corrected chi connectivity index (χ1v) is 13.0. The van der Waals surface area contributed by atoms with Crippen molar-refractivity contribution in [2.24, 2.45) is 0 Å². The van der Waals surface area contributed by atoms with Crippen LogP contribution in [-0.4, -0.2) is 44.1 Å². The van der Waals surface area contributed by atoms with E-state index in [1.165, 1.54) is 28.7 Å². The third-order valence-electron chi connectivity index (χ3n) is 5.66. The topological polar surface area (TPSA) is 95.1 Å². The smallest absolute Gasteiger partial charge is 0.236 e. The van der Waals surface area contributed by atoms with E-state index in [1.807, 2.05) is 35.1 Å². The number of benzene rings is 1. The monoisotopic (exact) mass is 495 g/mol. The van der Waals surface area contributed by atoms with Gasteiger partial charge in [-0.1, -0.05) is 41.6 Å². The fourth-order valence-corrected chi connectivity index (χ4v) is 5.33. The number of carbonyl (C=O) groups is 1. The number of anilines is 1. The summed E-state index contributed by atoms with van der Waals surface area (Å²) in [5, 5.41) is 14.9. The number of amides is 1. The van der Waals surface area contributed by atoms with Crippen LogP contribution in [0.5, 0.6) is 0 Å². The zero-order valence-electron chi connectivity index (χ0n) is 19.0. The number of carbonyl (C=O) groups excluding carboxylic acids is 1. The maximum atomic E-state index is 12.7. The lowest BCUT2D eigenvalue weighted by atomic mass is 10.1. The van der Waals surface area contributed by atoms with Crippen LogP contribution >= 0.6 is 23.1 Å². The van der Waals surface area contributed by atoms with Gasteiger partial charge < -0.3 is 14.5 Å². The quantitative estimate of drug-likeness (QED) is 0.336. The maximum absolute atomic E-state index is 12.7. The average molecular weight is 496 g/mol. The Morgan fingerprint density at radius 1 is 1.24 bits per heavy atom. The largest absolute Gasteiger partial charge is 0.469 e. The molecular formula is C24H25N5O3S2. The minimum atomic E-state index is -0.137. The summed E-state index contributed by atoms with van der Waals surface area (Å²) in [5.74, 6) is 1.58. The summed E-state index contributed by atoms with van der Waals surface area (Å²) in [7, 11) is 0. The van der Waals surface area contributed by atoms with Gasteiger partial charge in [0.05, 0.1) is 35.9 Å². The van der Waals surface area contributed by atoms with Gasteiger partial charge in [-0.05, 0) is 32.8 Å². The normalized spacial score (nSPS) is 15.6. The predicted octanol–water partition coefficient (Wildman–Crippen LogP) is 5.19. The Kier molecular flexibility index (Phi) is 6.80. The van der Waals surface area contributed by atoms with Crippen LogP contribution in [0.4, 0.5) is 5.13 Å². The minimum Gasteiger partial charge on any atom is -0.469 e. The van der Waals surface area contributed by atoms with Crippen molar-refractivity contribution in [3.05, 3.63) is 53.3 Å². The lowest BCUT2D eigenvalue weighted by Crippen LogP contribution is -2.18. The van der Waals surface area contributed by atoms with Gasteiger partial charge in [0, 0.05) is 17.6 Å². The standard InChI is InChI=1S/C24H25N5O3S2/c1-15-5-7-17(8-6-15)20-13-33-23(25-20)26-21(30)14-34-24-28-27-22(19-9-11-31-16(19)2)29(24)12-18-4-3-10-32-18/h5-9,11,13,18H,3-4,10,12,14H2,1-2H3,(H,25,26,30)/t18-/m1/s1. The van der Waals surface area contributed by atoms with Gasteiger partial charge >= 0.3 is 0 Å². The molecular weight excluding hydrogens is 470 g/mol. The summed E-state index contributed by atoms with van der Waals surface area (Å²) in [6.45, 7) is 5.37. The molecule has 0 unspecified atom stereocenters. The number of aromatic nitrogens is 4. The fourth-order valence-electron chi connectivity index (χ4n) is 3.84. The SMILES string of the molecule is Cc1ccc(-c2csc(NC(=O)CSc3nnc(-c4ccoc4C)n3C[C@H]3CCCO3)n2)cc1. The molecule has 0 aliphatic carbocycles. The Bertz CT molecular complexity index is 1270. The Labute approximate surface area is 205 Å². The summed E-state index contributed by atoms with van der Waals surface area (Å²) in [5.41, 5.74) is 3.97. The van der Waals surface area contributed by atoms with Gasteiger partial charge in [-0.25, -0.2) is 4.98 Å². The molecule has 0 radical (unpaired) electrons. The van der Waals surface area contributed by atoms with E-state index < -0.39 is 0 Å². The second-order valence-electron chi connectivity index (χ2n) is 8.18. The molecule has 1 aliphatic rings. The first-order valence-electron chi connectivity index (χ1n) is 11.1. The number of nitrogens with one attached hydrogen (secondary N) is 1. The molecule has 10 heteroatoms. The summed E-state index contributed by atoms with van der Waals surface area (Å²) >= 11 is 2.77. The molecule has 1 amide bonds. The maximum Gasteiger partial charge on any atom is 0.236 e. The number of ether oxygens (including phenoxy) is 1. The molecule has 0 bridgehead atoms. The van der Waals surface area contributed by atoms with E-state index in [-0.39, 0.29) is 17.8 Å². The highest BCUT2D eigenvalue weighted by molar-refractivity contribution is 7.99. The Morgan fingerprint density at radius 2 is 2.09 bits per heavy atom. The second-order valence-corrected chi connectivity index (χ2v) is 9.98. The van der Waals surface area contributed by atoms with Crippen LogP contribution in [0.25, 0.3) is 22.6 Å². The molecule has 3 aromatic heterocycles. The zero-order valence-corrected chi connectivity index (χ0v) is 20.6. The van der Waals surface area contributed by atoms with E-state index in [4.69, 9.17) is 9.15 Å². The highest BCUT2D eigenvalue weighted by Gasteiger charge is 2.23. The summed E-state index contributed by atoms with van der Waals surface area (Å²) in [4.78, 5) is 17.2. The number of aryl methyl sites for hydroxylation is 2. The molecule has 176 valence electrons.